The summed E-state index contributed by atoms with van der Waals surface area (Å²) in [5.74, 6) is 0.481. The highest BCUT2D eigenvalue weighted by molar-refractivity contribution is 6.35. The SMILES string of the molecule is CC(Oc1ccc(Cl)cc1Cl)OC(c1ccc(Cl)cc1Cl)C(C)n1ccnc1.O=[N+]([O-])O. The van der Waals surface area contributed by atoms with Gasteiger partial charge in [0.2, 0.25) is 0 Å². The highest BCUT2D eigenvalue weighted by Gasteiger charge is 2.27. The van der Waals surface area contributed by atoms with Gasteiger partial charge in [-0.15, -0.1) is 10.1 Å². The van der Waals surface area contributed by atoms with Crippen molar-refractivity contribution in [3.05, 3.63) is 90.9 Å². The number of ether oxygens (including phenoxy) is 2. The minimum Gasteiger partial charge on any atom is -0.464 e. The largest absolute Gasteiger partial charge is 0.464 e. The van der Waals surface area contributed by atoms with Crippen LogP contribution in [-0.2, 0) is 4.74 Å². The lowest BCUT2D eigenvalue weighted by molar-refractivity contribution is -0.742. The molecule has 0 bridgehead atoms. The van der Waals surface area contributed by atoms with E-state index in [1.165, 1.54) is 0 Å². The maximum Gasteiger partial charge on any atom is 0.291 e. The number of hydrogen-bond donors (Lipinski definition) is 1. The molecule has 2 aromatic carbocycles. The second-order valence-electron chi connectivity index (χ2n) is 6.47. The van der Waals surface area contributed by atoms with Crippen LogP contribution in [0.3, 0.4) is 0 Å². The first kappa shape index (κ1) is 26.0. The first-order valence-corrected chi connectivity index (χ1v) is 10.6. The van der Waals surface area contributed by atoms with Crippen molar-refractivity contribution in [2.75, 3.05) is 0 Å². The van der Waals surface area contributed by atoms with Crippen LogP contribution >= 0.6 is 46.4 Å². The molecule has 1 heterocycles. The predicted molar refractivity (Wildman–Crippen MR) is 123 cm³/mol. The molecule has 32 heavy (non-hydrogen) atoms. The molecule has 172 valence electrons. The van der Waals surface area contributed by atoms with Gasteiger partial charge >= 0.3 is 0 Å². The van der Waals surface area contributed by atoms with Crippen molar-refractivity contribution in [1.82, 2.24) is 9.55 Å². The van der Waals surface area contributed by atoms with Gasteiger partial charge in [-0.3, -0.25) is 0 Å². The fraction of sp³-hybridized carbons (Fsp3) is 0.250. The maximum absolute atomic E-state index is 8.36. The molecule has 1 N–H and O–H groups in total. The van der Waals surface area contributed by atoms with Crippen LogP contribution in [-0.4, -0.2) is 26.1 Å². The average Bonchev–Trinajstić information content (AvgIpc) is 3.23. The van der Waals surface area contributed by atoms with Gasteiger partial charge in [-0.1, -0.05) is 52.5 Å². The fourth-order valence-corrected chi connectivity index (χ4v) is 3.80. The molecule has 0 amide bonds. The van der Waals surface area contributed by atoms with E-state index in [2.05, 4.69) is 4.98 Å². The molecule has 0 spiro atoms. The Hall–Kier alpha value is -2.23. The normalized spacial score (nSPS) is 13.4. The van der Waals surface area contributed by atoms with Gasteiger partial charge in [0.25, 0.3) is 5.09 Å². The monoisotopic (exact) mass is 521 g/mol. The lowest BCUT2D eigenvalue weighted by Crippen LogP contribution is -2.25. The van der Waals surface area contributed by atoms with Crippen molar-refractivity contribution in [1.29, 1.82) is 0 Å². The molecule has 3 aromatic rings. The van der Waals surface area contributed by atoms with E-state index in [1.807, 2.05) is 23.8 Å². The van der Waals surface area contributed by atoms with Crippen LogP contribution in [0.2, 0.25) is 20.1 Å². The highest BCUT2D eigenvalue weighted by atomic mass is 35.5. The van der Waals surface area contributed by atoms with Crippen LogP contribution in [0.25, 0.3) is 0 Å². The van der Waals surface area contributed by atoms with Crippen molar-refractivity contribution in [3.63, 3.8) is 0 Å². The van der Waals surface area contributed by atoms with E-state index in [0.717, 1.165) is 5.56 Å². The van der Waals surface area contributed by atoms with Crippen molar-refractivity contribution in [3.8, 4) is 5.75 Å². The molecule has 0 saturated carbocycles. The van der Waals surface area contributed by atoms with Crippen molar-refractivity contribution < 1.29 is 19.8 Å². The number of rotatable bonds is 7. The second kappa shape index (κ2) is 12.1. The van der Waals surface area contributed by atoms with Gasteiger partial charge in [-0.05, 0) is 44.2 Å². The summed E-state index contributed by atoms with van der Waals surface area (Å²) >= 11 is 24.6. The Morgan fingerprint density at radius 2 is 1.66 bits per heavy atom. The van der Waals surface area contributed by atoms with Gasteiger partial charge in [0.05, 0.1) is 17.4 Å². The Morgan fingerprint density at radius 1 is 1.06 bits per heavy atom. The van der Waals surface area contributed by atoms with E-state index >= 15 is 0 Å². The summed E-state index contributed by atoms with van der Waals surface area (Å²) in [7, 11) is 0. The molecular formula is C20H19Cl4N3O5. The molecular weight excluding hydrogens is 504 g/mol. The summed E-state index contributed by atoms with van der Waals surface area (Å²) in [4.78, 5) is 12.5. The standard InChI is InChI=1S/C20H18Cl4N2O2.HNO3/c1-12(26-8-7-25-11-26)20(16-5-3-14(21)9-17(16)23)28-13(2)27-19-6-4-15(22)10-18(19)24;2-1(3)4/h3-13,20H,1-2H3;(H,2,3,4). The molecule has 8 nitrogen and oxygen atoms in total. The molecule has 0 aliphatic carbocycles. The van der Waals surface area contributed by atoms with Crippen LogP contribution in [0.15, 0.2) is 55.1 Å². The topological polar surface area (TPSA) is 99.7 Å². The zero-order valence-electron chi connectivity index (χ0n) is 16.9. The summed E-state index contributed by atoms with van der Waals surface area (Å²) < 4.78 is 14.1. The average molecular weight is 523 g/mol. The lowest BCUT2D eigenvalue weighted by atomic mass is 10.0. The van der Waals surface area contributed by atoms with Crippen LogP contribution in [0.1, 0.15) is 31.6 Å². The maximum atomic E-state index is 8.36. The van der Waals surface area contributed by atoms with Crippen LogP contribution in [0.5, 0.6) is 5.75 Å². The number of halogens is 4. The van der Waals surface area contributed by atoms with Crippen LogP contribution in [0, 0.1) is 10.1 Å². The Kier molecular flexibility index (Phi) is 9.86. The van der Waals surface area contributed by atoms with Crippen molar-refractivity contribution in [2.24, 2.45) is 0 Å². The molecule has 12 heteroatoms. The molecule has 0 aliphatic heterocycles. The number of benzene rings is 2. The van der Waals surface area contributed by atoms with Gasteiger partial charge in [-0.25, -0.2) is 4.98 Å². The Morgan fingerprint density at radius 3 is 2.19 bits per heavy atom. The molecule has 0 aliphatic rings. The zero-order chi connectivity index (χ0) is 23.8. The third kappa shape index (κ3) is 7.72. The molecule has 3 unspecified atom stereocenters. The number of nitrogens with zero attached hydrogens (tertiary/aromatic N) is 3. The Bertz CT molecular complexity index is 1030. The van der Waals surface area contributed by atoms with Crippen molar-refractivity contribution in [2.45, 2.75) is 32.3 Å². The van der Waals surface area contributed by atoms with Crippen LogP contribution in [0.4, 0.5) is 0 Å². The van der Waals surface area contributed by atoms with Gasteiger partial charge in [0.1, 0.15) is 11.9 Å². The zero-order valence-corrected chi connectivity index (χ0v) is 19.9. The van der Waals surface area contributed by atoms with Gasteiger partial charge in [0, 0.05) is 33.0 Å². The number of aromatic nitrogens is 2. The summed E-state index contributed by atoms with van der Waals surface area (Å²) in [5, 5.41) is 15.7. The Labute approximate surface area is 204 Å². The lowest BCUT2D eigenvalue weighted by Gasteiger charge is -2.29. The van der Waals surface area contributed by atoms with E-state index in [9.17, 15) is 0 Å². The van der Waals surface area contributed by atoms with Gasteiger partial charge in [-0.2, -0.15) is 0 Å². The van der Waals surface area contributed by atoms with Gasteiger partial charge < -0.3 is 19.2 Å². The molecule has 3 atom stereocenters. The predicted octanol–water partition coefficient (Wildman–Crippen LogP) is 6.89. The van der Waals surface area contributed by atoms with Gasteiger partial charge in [0.15, 0.2) is 6.29 Å². The van der Waals surface area contributed by atoms with Crippen LogP contribution < -0.4 is 4.74 Å². The van der Waals surface area contributed by atoms with E-state index < -0.39 is 17.5 Å². The summed E-state index contributed by atoms with van der Waals surface area (Å²) in [6, 6.07) is 10.2. The van der Waals surface area contributed by atoms with E-state index in [-0.39, 0.29) is 6.04 Å². The number of hydrogen-bond acceptors (Lipinski definition) is 5. The summed E-state index contributed by atoms with van der Waals surface area (Å²) in [6.07, 6.45) is 4.28. The van der Waals surface area contributed by atoms with Crippen molar-refractivity contribution >= 4 is 46.4 Å². The third-order valence-electron chi connectivity index (χ3n) is 4.23. The molecule has 0 saturated heterocycles. The van der Waals surface area contributed by atoms with E-state index in [1.54, 1.807) is 49.8 Å². The first-order valence-electron chi connectivity index (χ1n) is 9.11. The Balaban J connectivity index is 0.000000837. The smallest absolute Gasteiger partial charge is 0.291 e. The fourth-order valence-electron chi connectivity index (χ4n) is 2.83. The first-order chi connectivity index (χ1) is 15.1. The molecule has 1 aromatic heterocycles. The van der Waals surface area contributed by atoms with E-state index in [0.29, 0.717) is 25.8 Å². The minimum absolute atomic E-state index is 0.104. The second-order valence-corrected chi connectivity index (χ2v) is 8.16. The summed E-state index contributed by atoms with van der Waals surface area (Å²) in [6.45, 7) is 3.81. The minimum atomic E-state index is -1.50. The molecule has 3 rings (SSSR count). The number of imidazole rings is 1. The molecule has 0 radical (unpaired) electrons. The highest BCUT2D eigenvalue weighted by Crippen LogP contribution is 2.37. The quantitative estimate of drug-likeness (QED) is 0.206. The molecule has 0 fully saturated rings. The van der Waals surface area contributed by atoms with E-state index in [4.69, 9.17) is 71.2 Å². The summed E-state index contributed by atoms with van der Waals surface area (Å²) in [5.41, 5.74) is 0.796. The third-order valence-corrected chi connectivity index (χ3v) is 5.32.